The highest BCUT2D eigenvalue weighted by molar-refractivity contribution is 5.55. The van der Waals surface area contributed by atoms with Crippen LogP contribution in [0.4, 0.5) is 18.9 Å². The number of nitro groups is 1. The number of hydrogen-bond donors (Lipinski definition) is 0. The predicted octanol–water partition coefficient (Wildman–Crippen LogP) is 2.55. The van der Waals surface area contributed by atoms with Gasteiger partial charge in [0, 0.05) is 6.07 Å². The fourth-order valence-corrected chi connectivity index (χ4v) is 1.48. The van der Waals surface area contributed by atoms with Crippen LogP contribution in [-0.2, 0) is 12.6 Å². The van der Waals surface area contributed by atoms with E-state index in [-0.39, 0.29) is 0 Å². The van der Waals surface area contributed by atoms with Crippen LogP contribution < -0.4 is 0 Å². The van der Waals surface area contributed by atoms with Crippen molar-refractivity contribution < 1.29 is 18.1 Å². The number of benzene rings is 1. The number of halogens is 3. The third-order valence-electron chi connectivity index (χ3n) is 2.14. The number of nitro benzene ring substituents is 1. The second kappa shape index (κ2) is 4.72. The van der Waals surface area contributed by atoms with Gasteiger partial charge in [0.05, 0.1) is 40.2 Å². The minimum Gasteiger partial charge on any atom is -0.258 e. The van der Waals surface area contributed by atoms with Crippen LogP contribution in [-0.4, -0.2) is 4.92 Å². The Hall–Kier alpha value is -2.61. The summed E-state index contributed by atoms with van der Waals surface area (Å²) in [6.07, 6.45) is -5.72. The molecule has 0 unspecified atom stereocenters. The summed E-state index contributed by atoms with van der Waals surface area (Å²) in [5.41, 5.74) is -3.75. The Balaban J connectivity index is 3.73. The first kappa shape index (κ1) is 13.5. The maximum Gasteiger partial charge on any atom is 0.418 e. The average molecular weight is 255 g/mol. The smallest absolute Gasteiger partial charge is 0.258 e. The van der Waals surface area contributed by atoms with Gasteiger partial charge in [-0.25, -0.2) is 0 Å². The van der Waals surface area contributed by atoms with Crippen molar-refractivity contribution in [2.24, 2.45) is 0 Å². The van der Waals surface area contributed by atoms with Gasteiger partial charge in [0.1, 0.15) is 0 Å². The molecule has 1 aromatic rings. The van der Waals surface area contributed by atoms with Crippen molar-refractivity contribution in [1.82, 2.24) is 0 Å². The molecule has 5 nitrogen and oxygen atoms in total. The van der Waals surface area contributed by atoms with Gasteiger partial charge in [-0.3, -0.25) is 10.1 Å². The van der Waals surface area contributed by atoms with Crippen LogP contribution in [0.15, 0.2) is 12.1 Å². The van der Waals surface area contributed by atoms with E-state index in [1.54, 1.807) is 0 Å². The highest BCUT2D eigenvalue weighted by Crippen LogP contribution is 2.38. The summed E-state index contributed by atoms with van der Waals surface area (Å²) in [6, 6.07) is 4.26. The number of rotatable bonds is 2. The van der Waals surface area contributed by atoms with Gasteiger partial charge in [-0.05, 0) is 6.07 Å². The van der Waals surface area contributed by atoms with E-state index in [0.29, 0.717) is 0 Å². The maximum absolute atomic E-state index is 12.8. The average Bonchev–Trinajstić information content (AvgIpc) is 2.26. The van der Waals surface area contributed by atoms with E-state index in [9.17, 15) is 23.3 Å². The third-order valence-corrected chi connectivity index (χ3v) is 2.14. The van der Waals surface area contributed by atoms with E-state index >= 15 is 0 Å². The first-order valence-corrected chi connectivity index (χ1v) is 4.47. The molecule has 0 saturated carbocycles. The van der Waals surface area contributed by atoms with Crippen LogP contribution in [0.25, 0.3) is 0 Å². The first-order valence-electron chi connectivity index (χ1n) is 4.47. The molecule has 8 heteroatoms. The molecule has 0 radical (unpaired) electrons. The zero-order valence-electron chi connectivity index (χ0n) is 8.65. The fraction of sp³-hybridized carbons (Fsp3) is 0.200. The van der Waals surface area contributed by atoms with Crippen molar-refractivity contribution in [3.8, 4) is 12.1 Å². The van der Waals surface area contributed by atoms with Crippen LogP contribution >= 0.6 is 0 Å². The summed E-state index contributed by atoms with van der Waals surface area (Å²) in [7, 11) is 0. The third kappa shape index (κ3) is 2.38. The van der Waals surface area contributed by atoms with Crippen LogP contribution in [0.1, 0.15) is 16.7 Å². The molecule has 0 aliphatic rings. The normalized spacial score (nSPS) is 10.5. The van der Waals surface area contributed by atoms with Gasteiger partial charge in [0.25, 0.3) is 5.69 Å². The number of alkyl halides is 3. The molecule has 0 N–H and O–H groups in total. The number of hydrogen-bond acceptors (Lipinski definition) is 4. The van der Waals surface area contributed by atoms with Crippen molar-refractivity contribution in [3.63, 3.8) is 0 Å². The molecule has 1 rings (SSSR count). The van der Waals surface area contributed by atoms with E-state index in [1.807, 2.05) is 0 Å². The quantitative estimate of drug-likeness (QED) is 0.599. The molecule has 0 aliphatic heterocycles. The minimum absolute atomic E-state index is 0.724. The number of nitriles is 2. The molecule has 0 spiro atoms. The molecule has 18 heavy (non-hydrogen) atoms. The van der Waals surface area contributed by atoms with Crippen LogP contribution in [0, 0.1) is 32.8 Å². The minimum atomic E-state index is -4.93. The predicted molar refractivity (Wildman–Crippen MR) is 52.1 cm³/mol. The lowest BCUT2D eigenvalue weighted by Crippen LogP contribution is -2.13. The molecule has 0 aliphatic carbocycles. The van der Waals surface area contributed by atoms with Gasteiger partial charge in [0.2, 0.25) is 0 Å². The van der Waals surface area contributed by atoms with Gasteiger partial charge >= 0.3 is 6.18 Å². The van der Waals surface area contributed by atoms with Gasteiger partial charge in [-0.2, -0.15) is 23.7 Å². The Labute approximate surface area is 98.8 Å². The summed E-state index contributed by atoms with van der Waals surface area (Å²) in [5.74, 6) is 0. The van der Waals surface area contributed by atoms with Crippen molar-refractivity contribution in [3.05, 3.63) is 38.9 Å². The van der Waals surface area contributed by atoms with Gasteiger partial charge in [0.15, 0.2) is 0 Å². The lowest BCUT2D eigenvalue weighted by Gasteiger charge is -2.12. The zero-order valence-corrected chi connectivity index (χ0v) is 8.65. The lowest BCUT2D eigenvalue weighted by molar-refractivity contribution is -0.385. The van der Waals surface area contributed by atoms with Gasteiger partial charge in [-0.1, -0.05) is 0 Å². The molecule has 0 atom stereocenters. The van der Waals surface area contributed by atoms with Crippen LogP contribution in [0.2, 0.25) is 0 Å². The topological polar surface area (TPSA) is 90.7 Å². The second-order valence-corrected chi connectivity index (χ2v) is 3.19. The van der Waals surface area contributed by atoms with Crippen LogP contribution in [0.5, 0.6) is 0 Å². The summed E-state index contributed by atoms with van der Waals surface area (Å²) >= 11 is 0. The van der Waals surface area contributed by atoms with E-state index in [0.717, 1.165) is 12.1 Å². The van der Waals surface area contributed by atoms with Gasteiger partial charge in [-0.15, -0.1) is 0 Å². The number of nitrogens with zero attached hydrogens (tertiary/aromatic N) is 3. The summed E-state index contributed by atoms with van der Waals surface area (Å²) in [6.45, 7) is 0. The molecular weight excluding hydrogens is 251 g/mol. The molecule has 0 bridgehead atoms. The summed E-state index contributed by atoms with van der Waals surface area (Å²) < 4.78 is 38.3. The monoisotopic (exact) mass is 255 g/mol. The Morgan fingerprint density at radius 1 is 1.33 bits per heavy atom. The van der Waals surface area contributed by atoms with Crippen molar-refractivity contribution >= 4 is 5.69 Å². The standard InChI is InChI=1S/C10H4F3N3O2/c11-10(12,13)9-6(5-15)1-2-8(16(17)18)7(9)3-4-14/h1-2H,3H2. The van der Waals surface area contributed by atoms with E-state index < -0.39 is 39.9 Å². The Morgan fingerprint density at radius 3 is 2.33 bits per heavy atom. The second-order valence-electron chi connectivity index (χ2n) is 3.19. The summed E-state index contributed by atoms with van der Waals surface area (Å²) in [4.78, 5) is 9.61. The molecule has 0 heterocycles. The van der Waals surface area contributed by atoms with Gasteiger partial charge < -0.3 is 0 Å². The SMILES string of the molecule is N#CCc1c([N+](=O)[O-])ccc(C#N)c1C(F)(F)F. The van der Waals surface area contributed by atoms with E-state index in [2.05, 4.69) is 0 Å². The van der Waals surface area contributed by atoms with Crippen LogP contribution in [0.3, 0.4) is 0 Å². The maximum atomic E-state index is 12.8. The largest absolute Gasteiger partial charge is 0.418 e. The summed E-state index contributed by atoms with van der Waals surface area (Å²) in [5, 5.41) is 27.7. The molecule has 92 valence electrons. The van der Waals surface area contributed by atoms with E-state index in [4.69, 9.17) is 10.5 Å². The molecular formula is C10H4F3N3O2. The fourth-order valence-electron chi connectivity index (χ4n) is 1.48. The van der Waals surface area contributed by atoms with Crippen molar-refractivity contribution in [2.75, 3.05) is 0 Å². The lowest BCUT2D eigenvalue weighted by atomic mass is 9.97. The Bertz CT molecular complexity index is 582. The molecule has 0 amide bonds. The van der Waals surface area contributed by atoms with Crippen molar-refractivity contribution in [1.29, 1.82) is 10.5 Å². The zero-order chi connectivity index (χ0) is 13.9. The highest BCUT2D eigenvalue weighted by Gasteiger charge is 2.39. The first-order chi connectivity index (χ1) is 8.32. The Kier molecular flexibility index (Phi) is 3.53. The Morgan fingerprint density at radius 2 is 1.94 bits per heavy atom. The van der Waals surface area contributed by atoms with E-state index in [1.165, 1.54) is 12.1 Å². The molecule has 0 fully saturated rings. The highest BCUT2D eigenvalue weighted by atomic mass is 19.4. The van der Waals surface area contributed by atoms with Crippen molar-refractivity contribution in [2.45, 2.75) is 12.6 Å². The molecule has 0 saturated heterocycles. The molecule has 1 aromatic carbocycles. The molecule has 0 aromatic heterocycles.